The summed E-state index contributed by atoms with van der Waals surface area (Å²) in [7, 11) is 0. The van der Waals surface area contributed by atoms with Crippen LogP contribution in [-0.2, 0) is 4.74 Å². The monoisotopic (exact) mass is 369 g/mol. The maximum absolute atomic E-state index is 9.10. The van der Waals surface area contributed by atoms with E-state index in [-0.39, 0.29) is 5.57 Å². The van der Waals surface area contributed by atoms with Crippen LogP contribution in [0.5, 0.6) is 0 Å². The highest BCUT2D eigenvalue weighted by Gasteiger charge is 2.28. The lowest BCUT2D eigenvalue weighted by atomic mass is 9.82. The highest BCUT2D eigenvalue weighted by Crippen LogP contribution is 2.37. The van der Waals surface area contributed by atoms with Crippen LogP contribution in [0, 0.1) is 28.6 Å². The van der Waals surface area contributed by atoms with Crippen LogP contribution in [0.15, 0.2) is 82.0 Å². The van der Waals surface area contributed by atoms with Gasteiger partial charge in [0.25, 0.3) is 0 Å². The normalized spacial score (nSPS) is 23.7. The third-order valence-electron chi connectivity index (χ3n) is 5.65. The second kappa shape index (κ2) is 7.79. The molecule has 1 unspecified atom stereocenters. The molecule has 1 saturated heterocycles. The molecule has 0 spiro atoms. The van der Waals surface area contributed by atoms with Crippen molar-refractivity contribution in [1.82, 2.24) is 4.90 Å². The van der Waals surface area contributed by atoms with Crippen LogP contribution in [-0.4, -0.2) is 18.0 Å². The number of allylic oxidation sites excluding steroid dienone is 13. The van der Waals surface area contributed by atoms with Crippen molar-refractivity contribution in [2.24, 2.45) is 5.92 Å². The molecule has 4 nitrogen and oxygen atoms in total. The lowest BCUT2D eigenvalue weighted by molar-refractivity contribution is 0.255. The van der Waals surface area contributed by atoms with Gasteiger partial charge in [-0.15, -0.1) is 0 Å². The molecular formula is C24H23N3O. The molecule has 4 rings (SSSR count). The Labute approximate surface area is 166 Å². The SMILES string of the molecule is CC1=CC(=C(C#N)C#N)C=C(C=CC2=CC3CCN4CCCCC4=C3C=C2)O1. The van der Waals surface area contributed by atoms with Gasteiger partial charge >= 0.3 is 0 Å². The largest absolute Gasteiger partial charge is 0.462 e. The van der Waals surface area contributed by atoms with Crippen molar-refractivity contribution in [2.75, 3.05) is 13.1 Å². The Morgan fingerprint density at radius 3 is 2.82 bits per heavy atom. The highest BCUT2D eigenvalue weighted by molar-refractivity contribution is 5.54. The minimum atomic E-state index is 0.0980. The van der Waals surface area contributed by atoms with Gasteiger partial charge in [0.1, 0.15) is 29.2 Å². The van der Waals surface area contributed by atoms with Gasteiger partial charge in [0.05, 0.1) is 0 Å². The molecule has 0 aromatic heterocycles. The minimum Gasteiger partial charge on any atom is -0.462 e. The molecule has 1 aliphatic carbocycles. The van der Waals surface area contributed by atoms with Crippen LogP contribution in [0.2, 0.25) is 0 Å². The molecule has 0 aromatic rings. The first-order valence-corrected chi connectivity index (χ1v) is 9.86. The highest BCUT2D eigenvalue weighted by atomic mass is 16.5. The zero-order valence-electron chi connectivity index (χ0n) is 16.1. The van der Waals surface area contributed by atoms with E-state index in [9.17, 15) is 0 Å². The van der Waals surface area contributed by atoms with Crippen molar-refractivity contribution in [1.29, 1.82) is 10.5 Å². The minimum absolute atomic E-state index is 0.0980. The second-order valence-corrected chi connectivity index (χ2v) is 7.53. The average molecular weight is 369 g/mol. The molecule has 4 heteroatoms. The number of nitrogens with zero attached hydrogens (tertiary/aromatic N) is 3. The Morgan fingerprint density at radius 1 is 1.14 bits per heavy atom. The average Bonchev–Trinajstić information content (AvgIpc) is 2.72. The summed E-state index contributed by atoms with van der Waals surface area (Å²) < 4.78 is 5.74. The van der Waals surface area contributed by atoms with Crippen LogP contribution in [0.1, 0.15) is 32.6 Å². The summed E-state index contributed by atoms with van der Waals surface area (Å²) in [5.41, 5.74) is 4.90. The summed E-state index contributed by atoms with van der Waals surface area (Å²) in [4.78, 5) is 2.57. The van der Waals surface area contributed by atoms with E-state index < -0.39 is 0 Å². The summed E-state index contributed by atoms with van der Waals surface area (Å²) in [5.74, 6) is 1.81. The summed E-state index contributed by atoms with van der Waals surface area (Å²) in [6, 6.07) is 3.88. The smallest absolute Gasteiger partial charge is 0.137 e. The number of hydrogen-bond acceptors (Lipinski definition) is 4. The predicted octanol–water partition coefficient (Wildman–Crippen LogP) is 4.96. The molecule has 0 N–H and O–H groups in total. The van der Waals surface area contributed by atoms with Gasteiger partial charge < -0.3 is 9.64 Å². The van der Waals surface area contributed by atoms with Crippen molar-refractivity contribution in [2.45, 2.75) is 32.6 Å². The van der Waals surface area contributed by atoms with Crippen LogP contribution < -0.4 is 0 Å². The molecule has 28 heavy (non-hydrogen) atoms. The number of fused-ring (bicyclic) bond motifs is 2. The Hall–Kier alpha value is -3.24. The molecule has 0 aromatic carbocycles. The molecule has 1 atom stereocenters. The molecule has 0 amide bonds. The van der Waals surface area contributed by atoms with Crippen LogP contribution in [0.25, 0.3) is 0 Å². The molecule has 4 aliphatic rings. The van der Waals surface area contributed by atoms with E-state index in [0.717, 1.165) is 6.54 Å². The molecule has 1 fully saturated rings. The first-order chi connectivity index (χ1) is 13.7. The maximum atomic E-state index is 9.10. The molecular weight excluding hydrogens is 346 g/mol. The lowest BCUT2D eigenvalue weighted by Gasteiger charge is -2.40. The fourth-order valence-corrected chi connectivity index (χ4v) is 4.32. The van der Waals surface area contributed by atoms with Gasteiger partial charge in [-0.2, -0.15) is 10.5 Å². The summed E-state index contributed by atoms with van der Waals surface area (Å²) in [6.07, 6.45) is 19.2. The molecule has 0 radical (unpaired) electrons. The van der Waals surface area contributed by atoms with Crippen molar-refractivity contribution >= 4 is 0 Å². The van der Waals surface area contributed by atoms with Gasteiger partial charge in [-0.05, 0) is 62.0 Å². The van der Waals surface area contributed by atoms with E-state index in [4.69, 9.17) is 15.3 Å². The first-order valence-electron chi connectivity index (χ1n) is 9.86. The topological polar surface area (TPSA) is 60.0 Å². The van der Waals surface area contributed by atoms with Crippen LogP contribution in [0.4, 0.5) is 0 Å². The third-order valence-corrected chi connectivity index (χ3v) is 5.65. The van der Waals surface area contributed by atoms with Crippen LogP contribution >= 0.6 is 0 Å². The number of hydrogen-bond donors (Lipinski definition) is 0. The first kappa shape index (κ1) is 18.1. The van der Waals surface area contributed by atoms with E-state index >= 15 is 0 Å². The number of nitriles is 2. The maximum Gasteiger partial charge on any atom is 0.137 e. The van der Waals surface area contributed by atoms with Gasteiger partial charge in [-0.1, -0.05) is 24.3 Å². The third kappa shape index (κ3) is 3.59. The van der Waals surface area contributed by atoms with Gasteiger partial charge in [0, 0.05) is 30.3 Å². The Kier molecular flexibility index (Phi) is 5.04. The van der Waals surface area contributed by atoms with Crippen LogP contribution in [0.3, 0.4) is 0 Å². The quantitative estimate of drug-likeness (QED) is 0.646. The zero-order chi connectivity index (χ0) is 19.5. The molecule has 140 valence electrons. The Morgan fingerprint density at radius 2 is 2.00 bits per heavy atom. The zero-order valence-corrected chi connectivity index (χ0v) is 16.1. The fraction of sp³-hybridized carbons (Fsp3) is 0.333. The van der Waals surface area contributed by atoms with Gasteiger partial charge in [-0.3, -0.25) is 0 Å². The fourth-order valence-electron chi connectivity index (χ4n) is 4.32. The Bertz CT molecular complexity index is 970. The summed E-state index contributed by atoms with van der Waals surface area (Å²) in [6.45, 7) is 4.18. The van der Waals surface area contributed by atoms with E-state index in [1.807, 2.05) is 31.2 Å². The Balaban J connectivity index is 1.55. The van der Waals surface area contributed by atoms with Crippen molar-refractivity contribution < 1.29 is 4.74 Å². The standard InChI is InChI=1S/C24H23N3O/c1-17-12-20(21(15-25)16-26)14-22(28-17)7-5-18-6-8-23-19(13-18)9-11-27-10-3-2-4-24(23)27/h5-8,12-14,19H,2-4,9-11H2,1H3. The lowest BCUT2D eigenvalue weighted by Crippen LogP contribution is -2.35. The number of rotatable bonds is 2. The molecule has 0 bridgehead atoms. The second-order valence-electron chi connectivity index (χ2n) is 7.53. The summed E-state index contributed by atoms with van der Waals surface area (Å²) in [5, 5.41) is 18.2. The van der Waals surface area contributed by atoms with E-state index in [0.29, 0.717) is 23.0 Å². The van der Waals surface area contributed by atoms with Crippen molar-refractivity contribution in [3.8, 4) is 12.1 Å². The molecule has 3 heterocycles. The van der Waals surface area contributed by atoms with Crippen molar-refractivity contribution in [3.63, 3.8) is 0 Å². The molecule has 0 saturated carbocycles. The van der Waals surface area contributed by atoms with E-state index in [1.165, 1.54) is 43.4 Å². The van der Waals surface area contributed by atoms with Gasteiger partial charge in [0.2, 0.25) is 0 Å². The number of ether oxygens (including phenoxy) is 1. The van der Waals surface area contributed by atoms with Gasteiger partial charge in [0.15, 0.2) is 0 Å². The summed E-state index contributed by atoms with van der Waals surface area (Å²) >= 11 is 0. The number of piperidine rings is 1. The predicted molar refractivity (Wildman–Crippen MR) is 108 cm³/mol. The van der Waals surface area contributed by atoms with Crippen molar-refractivity contribution in [3.05, 3.63) is 82.0 Å². The van der Waals surface area contributed by atoms with Gasteiger partial charge in [-0.25, -0.2) is 0 Å². The van der Waals surface area contributed by atoms with E-state index in [1.54, 1.807) is 17.8 Å². The van der Waals surface area contributed by atoms with E-state index in [2.05, 4.69) is 23.1 Å². The molecule has 3 aliphatic heterocycles.